The van der Waals surface area contributed by atoms with Crippen molar-refractivity contribution in [2.24, 2.45) is 7.05 Å². The second kappa shape index (κ2) is 8.55. The van der Waals surface area contributed by atoms with Gasteiger partial charge in [-0.05, 0) is 49.1 Å². The van der Waals surface area contributed by atoms with Gasteiger partial charge in [-0.15, -0.1) is 11.3 Å². The van der Waals surface area contributed by atoms with Crippen LogP contribution in [0.15, 0.2) is 66.4 Å². The van der Waals surface area contributed by atoms with Crippen LogP contribution >= 0.6 is 11.3 Å². The summed E-state index contributed by atoms with van der Waals surface area (Å²) in [5, 5.41) is 4.28. The van der Waals surface area contributed by atoms with Crippen molar-refractivity contribution in [1.82, 2.24) is 14.8 Å². The molecular formula is C26H23N3O2S. The third-order valence-corrected chi connectivity index (χ3v) is 6.62. The van der Waals surface area contributed by atoms with Crippen LogP contribution in [0.3, 0.4) is 0 Å². The lowest BCUT2D eigenvalue weighted by molar-refractivity contribution is 0.105. The number of ketones is 1. The molecule has 0 aliphatic heterocycles. The average molecular weight is 442 g/mol. The predicted octanol–water partition coefficient (Wildman–Crippen LogP) is 5.35. The molecule has 0 saturated heterocycles. The van der Waals surface area contributed by atoms with E-state index in [4.69, 9.17) is 4.74 Å². The summed E-state index contributed by atoms with van der Waals surface area (Å²) in [5.74, 6) is 0.725. The van der Waals surface area contributed by atoms with Crippen LogP contribution in [0.1, 0.15) is 44.0 Å². The first kappa shape index (κ1) is 20.4. The zero-order chi connectivity index (χ0) is 22.1. The molecule has 1 aliphatic carbocycles. The summed E-state index contributed by atoms with van der Waals surface area (Å²) in [5.41, 5.74) is 8.09. The van der Waals surface area contributed by atoms with Crippen LogP contribution in [0.5, 0.6) is 5.75 Å². The summed E-state index contributed by atoms with van der Waals surface area (Å²) in [6, 6.07) is 16.2. The van der Waals surface area contributed by atoms with Crippen LogP contribution in [0, 0.1) is 6.92 Å². The lowest BCUT2D eigenvalue weighted by atomic mass is 10.0. The number of aryl methyl sites for hydroxylation is 3. The Bertz CT molecular complexity index is 1320. The SMILES string of the molecule is Cc1ncsc1C1=C(c2cnn(C)c2)C(=O)c2cc(OCCCc3ccccc3)ccc21. The van der Waals surface area contributed by atoms with Crippen molar-refractivity contribution in [3.8, 4) is 5.75 Å². The first-order valence-electron chi connectivity index (χ1n) is 10.6. The maximum absolute atomic E-state index is 13.5. The van der Waals surface area contributed by atoms with E-state index in [2.05, 4.69) is 34.3 Å². The minimum absolute atomic E-state index is 0.00513. The molecule has 0 unspecified atom stereocenters. The molecule has 0 amide bonds. The van der Waals surface area contributed by atoms with Crippen molar-refractivity contribution in [2.45, 2.75) is 19.8 Å². The van der Waals surface area contributed by atoms with Gasteiger partial charge in [0.15, 0.2) is 5.78 Å². The number of allylic oxidation sites excluding steroid dienone is 1. The summed E-state index contributed by atoms with van der Waals surface area (Å²) in [6.07, 6.45) is 5.51. The number of rotatable bonds is 7. The molecule has 5 rings (SSSR count). The van der Waals surface area contributed by atoms with Gasteiger partial charge in [-0.3, -0.25) is 9.48 Å². The highest BCUT2D eigenvalue weighted by Crippen LogP contribution is 2.45. The maximum Gasteiger partial charge on any atom is 0.195 e. The van der Waals surface area contributed by atoms with Gasteiger partial charge in [0.05, 0.1) is 28.9 Å². The Hall–Kier alpha value is -3.51. The van der Waals surface area contributed by atoms with Gasteiger partial charge in [-0.2, -0.15) is 5.10 Å². The summed E-state index contributed by atoms with van der Waals surface area (Å²) in [6.45, 7) is 2.58. The van der Waals surface area contributed by atoms with E-state index in [0.29, 0.717) is 17.7 Å². The molecule has 0 saturated carbocycles. The number of ether oxygens (including phenoxy) is 1. The Morgan fingerprint density at radius 3 is 2.62 bits per heavy atom. The Morgan fingerprint density at radius 1 is 1.06 bits per heavy atom. The molecule has 0 spiro atoms. The Kier molecular flexibility index (Phi) is 5.45. The van der Waals surface area contributed by atoms with Gasteiger partial charge in [-0.1, -0.05) is 30.3 Å². The number of hydrogen-bond acceptors (Lipinski definition) is 5. The Balaban J connectivity index is 1.42. The van der Waals surface area contributed by atoms with Crippen molar-refractivity contribution in [1.29, 1.82) is 0 Å². The molecule has 0 bridgehead atoms. The first-order chi connectivity index (χ1) is 15.6. The fourth-order valence-corrected chi connectivity index (χ4v) is 4.99. The topological polar surface area (TPSA) is 57.0 Å². The smallest absolute Gasteiger partial charge is 0.195 e. The molecule has 160 valence electrons. The lowest BCUT2D eigenvalue weighted by Crippen LogP contribution is -2.02. The van der Waals surface area contributed by atoms with Gasteiger partial charge in [-0.25, -0.2) is 4.98 Å². The second-order valence-corrected chi connectivity index (χ2v) is 8.75. The first-order valence-corrected chi connectivity index (χ1v) is 11.5. The zero-order valence-electron chi connectivity index (χ0n) is 18.0. The van der Waals surface area contributed by atoms with Crippen LogP contribution in [0.25, 0.3) is 11.1 Å². The van der Waals surface area contributed by atoms with Crippen LogP contribution < -0.4 is 4.74 Å². The number of carbonyl (C=O) groups excluding carboxylic acids is 1. The third kappa shape index (κ3) is 3.78. The van der Waals surface area contributed by atoms with Gasteiger partial charge in [0.25, 0.3) is 0 Å². The number of fused-ring (bicyclic) bond motifs is 1. The number of benzene rings is 2. The molecule has 0 fully saturated rings. The number of nitrogens with zero attached hydrogens (tertiary/aromatic N) is 3. The van der Waals surface area contributed by atoms with E-state index in [0.717, 1.165) is 45.9 Å². The second-order valence-electron chi connectivity index (χ2n) is 7.89. The molecule has 2 heterocycles. The number of carbonyl (C=O) groups is 1. The molecule has 4 aromatic rings. The van der Waals surface area contributed by atoms with E-state index < -0.39 is 0 Å². The molecule has 6 heteroatoms. The highest BCUT2D eigenvalue weighted by atomic mass is 32.1. The summed E-state index contributed by atoms with van der Waals surface area (Å²) < 4.78 is 7.72. The van der Waals surface area contributed by atoms with Crippen LogP contribution in [0.4, 0.5) is 0 Å². The van der Waals surface area contributed by atoms with Gasteiger partial charge in [0.2, 0.25) is 0 Å². The Labute approximate surface area is 191 Å². The van der Waals surface area contributed by atoms with E-state index in [1.165, 1.54) is 5.56 Å². The highest BCUT2D eigenvalue weighted by molar-refractivity contribution is 7.11. The van der Waals surface area contributed by atoms with Crippen molar-refractivity contribution >= 4 is 28.3 Å². The van der Waals surface area contributed by atoms with E-state index in [1.54, 1.807) is 22.2 Å². The van der Waals surface area contributed by atoms with E-state index in [9.17, 15) is 4.79 Å². The van der Waals surface area contributed by atoms with Crippen molar-refractivity contribution in [2.75, 3.05) is 6.61 Å². The minimum atomic E-state index is 0.00513. The molecule has 0 N–H and O–H groups in total. The minimum Gasteiger partial charge on any atom is -0.494 e. The monoisotopic (exact) mass is 441 g/mol. The normalized spacial score (nSPS) is 13.0. The molecule has 1 aliphatic rings. The maximum atomic E-state index is 13.5. The van der Waals surface area contributed by atoms with Crippen LogP contribution in [-0.2, 0) is 13.5 Å². The molecule has 2 aromatic carbocycles. The van der Waals surface area contributed by atoms with Crippen molar-refractivity contribution < 1.29 is 9.53 Å². The fourth-order valence-electron chi connectivity index (χ4n) is 4.12. The van der Waals surface area contributed by atoms with Crippen LogP contribution in [-0.4, -0.2) is 27.2 Å². The Morgan fingerprint density at radius 2 is 1.91 bits per heavy atom. The summed E-state index contributed by atoms with van der Waals surface area (Å²) in [7, 11) is 1.86. The van der Waals surface area contributed by atoms with E-state index in [1.807, 2.05) is 49.9 Å². The number of hydrogen-bond donors (Lipinski definition) is 0. The zero-order valence-corrected chi connectivity index (χ0v) is 18.9. The van der Waals surface area contributed by atoms with Gasteiger partial charge in [0, 0.05) is 35.5 Å². The summed E-state index contributed by atoms with van der Waals surface area (Å²) in [4.78, 5) is 19.0. The predicted molar refractivity (Wildman–Crippen MR) is 127 cm³/mol. The highest BCUT2D eigenvalue weighted by Gasteiger charge is 2.33. The van der Waals surface area contributed by atoms with Crippen molar-refractivity contribution in [3.63, 3.8) is 0 Å². The average Bonchev–Trinajstić information content (AvgIpc) is 3.49. The number of thiazole rings is 1. The molecule has 32 heavy (non-hydrogen) atoms. The quantitative estimate of drug-likeness (QED) is 0.363. The molecule has 2 aromatic heterocycles. The number of aromatic nitrogens is 3. The van der Waals surface area contributed by atoms with Crippen molar-refractivity contribution in [3.05, 3.63) is 99.3 Å². The van der Waals surface area contributed by atoms with E-state index in [-0.39, 0.29) is 5.78 Å². The third-order valence-electron chi connectivity index (χ3n) is 5.67. The standard InChI is InChI=1S/C26H23N3O2S/c1-17-26(32-16-27-17)24-21-11-10-20(31-12-6-9-18-7-4-3-5-8-18)13-22(21)25(30)23(24)19-14-28-29(2)15-19/h3-5,7-8,10-11,13-16H,6,9,12H2,1-2H3. The number of Topliss-reactive ketones (excluding diaryl/α,β-unsaturated/α-hetero) is 1. The molecule has 0 atom stereocenters. The lowest BCUT2D eigenvalue weighted by Gasteiger charge is -2.09. The molecule has 5 nitrogen and oxygen atoms in total. The molecule has 0 radical (unpaired) electrons. The largest absolute Gasteiger partial charge is 0.494 e. The van der Waals surface area contributed by atoms with Gasteiger partial charge in [0.1, 0.15) is 5.75 Å². The van der Waals surface area contributed by atoms with E-state index >= 15 is 0 Å². The van der Waals surface area contributed by atoms with Crippen LogP contribution in [0.2, 0.25) is 0 Å². The summed E-state index contributed by atoms with van der Waals surface area (Å²) >= 11 is 1.56. The fraction of sp³-hybridized carbons (Fsp3) is 0.192. The molecular weight excluding hydrogens is 418 g/mol. The van der Waals surface area contributed by atoms with Gasteiger partial charge >= 0.3 is 0 Å². The van der Waals surface area contributed by atoms with Gasteiger partial charge < -0.3 is 4.74 Å².